The molecule has 0 aromatic heterocycles. The molecule has 0 unspecified atom stereocenters. The van der Waals surface area contributed by atoms with Crippen molar-refractivity contribution in [3.8, 4) is 5.75 Å². The number of aromatic hydroxyl groups is 1. The number of ether oxygens (including phenoxy) is 1. The zero-order valence-corrected chi connectivity index (χ0v) is 9.81. The predicted octanol–water partition coefficient (Wildman–Crippen LogP) is 1.92. The van der Waals surface area contributed by atoms with Crippen LogP contribution in [0.1, 0.15) is 17.2 Å². The smallest absolute Gasteiger partial charge is 0.124 e. The van der Waals surface area contributed by atoms with E-state index < -0.39 is 0 Å². The average Bonchev–Trinajstić information content (AvgIpc) is 2.24. The first kappa shape index (κ1) is 13.2. The van der Waals surface area contributed by atoms with Crippen LogP contribution >= 0.6 is 12.4 Å². The third-order valence-electron chi connectivity index (χ3n) is 2.59. The largest absolute Gasteiger partial charge is 0.507 e. The van der Waals surface area contributed by atoms with Crippen molar-refractivity contribution in [3.63, 3.8) is 0 Å². The van der Waals surface area contributed by atoms with Crippen LogP contribution in [0.2, 0.25) is 0 Å². The number of aryl methyl sites for hydroxylation is 1. The van der Waals surface area contributed by atoms with Gasteiger partial charge in [0.2, 0.25) is 0 Å². The van der Waals surface area contributed by atoms with E-state index in [0.717, 1.165) is 6.54 Å². The molecule has 5 heteroatoms. The van der Waals surface area contributed by atoms with E-state index in [4.69, 9.17) is 4.74 Å². The predicted molar refractivity (Wildman–Crippen MR) is 61.6 cm³/mol. The number of hydrogen-bond donors (Lipinski definition) is 2. The average molecular weight is 248 g/mol. The molecule has 0 aliphatic carbocycles. The Morgan fingerprint density at radius 2 is 2.25 bits per heavy atom. The summed E-state index contributed by atoms with van der Waals surface area (Å²) in [4.78, 5) is 0. The molecule has 1 heterocycles. The number of benzene rings is 1. The molecule has 0 radical (unpaired) electrons. The molecule has 2 rings (SSSR count). The molecule has 1 aromatic rings. The molecule has 0 spiro atoms. The zero-order chi connectivity index (χ0) is 10.8. The number of phenolic OH excluding ortho intramolecular Hbond substituents is 1. The van der Waals surface area contributed by atoms with Crippen molar-refractivity contribution >= 4 is 12.4 Å². The van der Waals surface area contributed by atoms with E-state index >= 15 is 0 Å². The van der Waals surface area contributed by atoms with Crippen molar-refractivity contribution in [1.82, 2.24) is 5.32 Å². The van der Waals surface area contributed by atoms with Gasteiger partial charge in [-0.15, -0.1) is 12.4 Å². The molecule has 1 aliphatic heterocycles. The molecule has 90 valence electrons. The SMILES string of the molecule is Cc1cc(F)cc([C@H]2COCCN2)c1O.Cl. The molecule has 16 heavy (non-hydrogen) atoms. The highest BCUT2D eigenvalue weighted by Gasteiger charge is 2.20. The molecule has 0 amide bonds. The number of halogens is 2. The van der Waals surface area contributed by atoms with Crippen molar-refractivity contribution in [2.75, 3.05) is 19.8 Å². The molecule has 1 aliphatic rings. The maximum absolute atomic E-state index is 13.2. The van der Waals surface area contributed by atoms with Crippen molar-refractivity contribution in [2.24, 2.45) is 0 Å². The summed E-state index contributed by atoms with van der Waals surface area (Å²) in [5.74, 6) is -0.174. The first-order valence-electron chi connectivity index (χ1n) is 4.98. The lowest BCUT2D eigenvalue weighted by Gasteiger charge is -2.25. The Balaban J connectivity index is 0.00000128. The Bertz CT molecular complexity index is 367. The summed E-state index contributed by atoms with van der Waals surface area (Å²) in [5, 5.41) is 13.0. The molecular weight excluding hydrogens is 233 g/mol. The van der Waals surface area contributed by atoms with Gasteiger partial charge in [0, 0.05) is 12.1 Å². The molecule has 1 fully saturated rings. The van der Waals surface area contributed by atoms with Gasteiger partial charge in [-0.3, -0.25) is 0 Å². The third-order valence-corrected chi connectivity index (χ3v) is 2.59. The number of rotatable bonds is 1. The second kappa shape index (κ2) is 5.48. The maximum atomic E-state index is 13.2. The number of nitrogens with one attached hydrogen (secondary N) is 1. The molecule has 1 saturated heterocycles. The minimum absolute atomic E-state index is 0. The zero-order valence-electron chi connectivity index (χ0n) is 9.00. The fourth-order valence-corrected chi connectivity index (χ4v) is 1.79. The highest BCUT2D eigenvalue weighted by atomic mass is 35.5. The fraction of sp³-hybridized carbons (Fsp3) is 0.455. The van der Waals surface area contributed by atoms with Crippen molar-refractivity contribution in [2.45, 2.75) is 13.0 Å². The van der Waals surface area contributed by atoms with Gasteiger partial charge in [0.05, 0.1) is 19.3 Å². The molecule has 1 atom stereocenters. The summed E-state index contributed by atoms with van der Waals surface area (Å²) >= 11 is 0. The van der Waals surface area contributed by atoms with Crippen LogP contribution in [0.25, 0.3) is 0 Å². The van der Waals surface area contributed by atoms with E-state index in [1.165, 1.54) is 12.1 Å². The van der Waals surface area contributed by atoms with E-state index in [1.807, 2.05) is 0 Å². The number of hydrogen-bond acceptors (Lipinski definition) is 3. The van der Waals surface area contributed by atoms with Crippen LogP contribution in [0.15, 0.2) is 12.1 Å². The van der Waals surface area contributed by atoms with Crippen LogP contribution in [0, 0.1) is 12.7 Å². The van der Waals surface area contributed by atoms with Gasteiger partial charge in [-0.1, -0.05) is 0 Å². The van der Waals surface area contributed by atoms with Gasteiger partial charge in [0.15, 0.2) is 0 Å². The highest BCUT2D eigenvalue weighted by Crippen LogP contribution is 2.29. The van der Waals surface area contributed by atoms with Crippen molar-refractivity contribution in [1.29, 1.82) is 0 Å². The summed E-state index contributed by atoms with van der Waals surface area (Å²) in [7, 11) is 0. The van der Waals surface area contributed by atoms with Gasteiger partial charge in [-0.05, 0) is 24.6 Å². The molecule has 2 N–H and O–H groups in total. The summed E-state index contributed by atoms with van der Waals surface area (Å²) < 4.78 is 18.5. The number of phenols is 1. The second-order valence-corrected chi connectivity index (χ2v) is 3.74. The van der Waals surface area contributed by atoms with Gasteiger partial charge in [0.25, 0.3) is 0 Å². The topological polar surface area (TPSA) is 41.5 Å². The van der Waals surface area contributed by atoms with Crippen molar-refractivity contribution < 1.29 is 14.2 Å². The Labute approximate surface area is 100 Å². The van der Waals surface area contributed by atoms with Crippen LogP contribution < -0.4 is 5.32 Å². The van der Waals surface area contributed by atoms with Gasteiger partial charge < -0.3 is 15.2 Å². The van der Waals surface area contributed by atoms with Crippen LogP contribution in [0.3, 0.4) is 0 Å². The molecule has 3 nitrogen and oxygen atoms in total. The van der Waals surface area contributed by atoms with E-state index in [2.05, 4.69) is 5.32 Å². The first-order chi connectivity index (χ1) is 7.18. The van der Waals surface area contributed by atoms with E-state index in [0.29, 0.717) is 24.3 Å². The second-order valence-electron chi connectivity index (χ2n) is 3.74. The summed E-state index contributed by atoms with van der Waals surface area (Å²) in [6.45, 7) is 3.53. The third kappa shape index (κ3) is 2.64. The lowest BCUT2D eigenvalue weighted by atomic mass is 10.0. The Hall–Kier alpha value is -0.840. The fourth-order valence-electron chi connectivity index (χ4n) is 1.79. The van der Waals surface area contributed by atoms with Gasteiger partial charge in [-0.2, -0.15) is 0 Å². The highest BCUT2D eigenvalue weighted by molar-refractivity contribution is 5.85. The quantitative estimate of drug-likeness (QED) is 0.797. The van der Waals surface area contributed by atoms with Gasteiger partial charge >= 0.3 is 0 Å². The normalized spacial score (nSPS) is 20.2. The van der Waals surface area contributed by atoms with Crippen LogP contribution in [0.5, 0.6) is 5.75 Å². The summed E-state index contributed by atoms with van der Waals surface area (Å²) in [5.41, 5.74) is 1.13. The van der Waals surface area contributed by atoms with Crippen LogP contribution in [0.4, 0.5) is 4.39 Å². The van der Waals surface area contributed by atoms with Crippen LogP contribution in [-0.4, -0.2) is 24.9 Å². The standard InChI is InChI=1S/C11H14FNO2.ClH/c1-7-4-8(12)5-9(11(7)14)10-6-15-3-2-13-10;/h4-5,10,13-14H,2-3,6H2,1H3;1H/t10-;/m1./s1. The lowest BCUT2D eigenvalue weighted by molar-refractivity contribution is 0.0759. The van der Waals surface area contributed by atoms with Crippen molar-refractivity contribution in [3.05, 3.63) is 29.1 Å². The molecule has 0 saturated carbocycles. The number of morpholine rings is 1. The molecule has 0 bridgehead atoms. The monoisotopic (exact) mass is 247 g/mol. The van der Waals surface area contributed by atoms with Gasteiger partial charge in [-0.25, -0.2) is 4.39 Å². The van der Waals surface area contributed by atoms with E-state index in [1.54, 1.807) is 6.92 Å². The Kier molecular flexibility index (Phi) is 4.53. The maximum Gasteiger partial charge on any atom is 0.124 e. The van der Waals surface area contributed by atoms with E-state index in [9.17, 15) is 9.50 Å². The Morgan fingerprint density at radius 1 is 1.50 bits per heavy atom. The summed E-state index contributed by atoms with van der Waals surface area (Å²) in [6, 6.07) is 2.56. The minimum atomic E-state index is -0.326. The Morgan fingerprint density at radius 3 is 2.88 bits per heavy atom. The summed E-state index contributed by atoms with van der Waals surface area (Å²) in [6.07, 6.45) is 0. The minimum Gasteiger partial charge on any atom is -0.507 e. The molecule has 1 aromatic carbocycles. The van der Waals surface area contributed by atoms with Gasteiger partial charge in [0.1, 0.15) is 11.6 Å². The van der Waals surface area contributed by atoms with E-state index in [-0.39, 0.29) is 30.0 Å². The molecular formula is C11H15ClFNO2. The lowest BCUT2D eigenvalue weighted by Crippen LogP contribution is -2.34. The van der Waals surface area contributed by atoms with Crippen LogP contribution in [-0.2, 0) is 4.74 Å². The first-order valence-corrected chi connectivity index (χ1v) is 4.98.